The fourth-order valence-corrected chi connectivity index (χ4v) is 4.54. The third-order valence-electron chi connectivity index (χ3n) is 6.37. The molecule has 5 heterocycles. The summed E-state index contributed by atoms with van der Waals surface area (Å²) in [5.74, 6) is 0.814. The van der Waals surface area contributed by atoms with Gasteiger partial charge in [0.15, 0.2) is 0 Å². The number of hydrogen-bond acceptors (Lipinski definition) is 6. The first-order chi connectivity index (χ1) is 16.7. The Morgan fingerprint density at radius 1 is 0.794 bits per heavy atom. The molecule has 0 spiro atoms. The zero-order chi connectivity index (χ0) is 22.9. The van der Waals surface area contributed by atoms with Crippen LogP contribution in [-0.4, -0.2) is 55.5 Å². The fraction of sp³-hybridized carbons (Fsp3) is 0.231. The maximum atomic E-state index is 4.84. The Morgan fingerprint density at radius 2 is 1.62 bits per heavy atom. The Bertz CT molecular complexity index is 1410. The van der Waals surface area contributed by atoms with Crippen LogP contribution in [-0.2, 0) is 13.5 Å². The molecule has 5 aromatic rings. The molecule has 0 radical (unpaired) electrons. The van der Waals surface area contributed by atoms with Crippen LogP contribution in [0.1, 0.15) is 11.3 Å². The molecule has 0 N–H and O–H groups in total. The standard InChI is InChI=1S/C26H26N8/c1-31-18-22(16-28-31)21-7-8-24-25(17-29-34(24)19-21)32-11-13-33(14-12-32)26-27-10-9-23(30-26)15-20-5-3-2-4-6-20/h2-10,16-19H,11-15H2,1H3. The summed E-state index contributed by atoms with van der Waals surface area (Å²) < 4.78 is 3.77. The number of aromatic nitrogens is 6. The molecule has 8 heteroatoms. The minimum atomic E-state index is 0.814. The molecule has 34 heavy (non-hydrogen) atoms. The van der Waals surface area contributed by atoms with Crippen molar-refractivity contribution in [1.29, 1.82) is 0 Å². The number of benzene rings is 1. The summed E-state index contributed by atoms with van der Waals surface area (Å²) in [5, 5.41) is 8.90. The van der Waals surface area contributed by atoms with Gasteiger partial charge in [-0.15, -0.1) is 0 Å². The quantitative estimate of drug-likeness (QED) is 0.409. The Hall–Kier alpha value is -4.20. The predicted octanol–water partition coefficient (Wildman–Crippen LogP) is 3.44. The Morgan fingerprint density at radius 3 is 2.41 bits per heavy atom. The summed E-state index contributed by atoms with van der Waals surface area (Å²) in [6.07, 6.45) is 10.6. The van der Waals surface area contributed by atoms with Crippen molar-refractivity contribution >= 4 is 17.2 Å². The zero-order valence-electron chi connectivity index (χ0n) is 19.1. The van der Waals surface area contributed by atoms with Crippen molar-refractivity contribution in [2.24, 2.45) is 7.05 Å². The molecule has 4 aromatic heterocycles. The number of fused-ring (bicyclic) bond motifs is 1. The van der Waals surface area contributed by atoms with Crippen LogP contribution in [0, 0.1) is 0 Å². The lowest BCUT2D eigenvalue weighted by molar-refractivity contribution is 0.640. The molecule has 0 atom stereocenters. The number of pyridine rings is 1. The van der Waals surface area contributed by atoms with Crippen molar-refractivity contribution in [3.8, 4) is 11.1 Å². The van der Waals surface area contributed by atoms with Crippen LogP contribution in [0.2, 0.25) is 0 Å². The molecule has 1 aromatic carbocycles. The molecule has 1 aliphatic heterocycles. The van der Waals surface area contributed by atoms with E-state index >= 15 is 0 Å². The van der Waals surface area contributed by atoms with Crippen molar-refractivity contribution in [2.45, 2.75) is 6.42 Å². The van der Waals surface area contributed by atoms with Gasteiger partial charge in [0.25, 0.3) is 0 Å². The van der Waals surface area contributed by atoms with Crippen LogP contribution in [0.25, 0.3) is 16.6 Å². The Balaban J connectivity index is 1.15. The van der Waals surface area contributed by atoms with E-state index in [1.807, 2.05) is 53.2 Å². The summed E-state index contributed by atoms with van der Waals surface area (Å²) in [5.41, 5.74) is 6.78. The minimum absolute atomic E-state index is 0.814. The van der Waals surface area contributed by atoms with Crippen molar-refractivity contribution < 1.29 is 0 Å². The maximum Gasteiger partial charge on any atom is 0.225 e. The van der Waals surface area contributed by atoms with Crippen molar-refractivity contribution in [1.82, 2.24) is 29.4 Å². The number of rotatable bonds is 5. The Kier molecular flexibility index (Phi) is 5.18. The van der Waals surface area contributed by atoms with E-state index < -0.39 is 0 Å². The average Bonchev–Trinajstić information content (AvgIpc) is 3.51. The van der Waals surface area contributed by atoms with Gasteiger partial charge in [0.1, 0.15) is 0 Å². The van der Waals surface area contributed by atoms with E-state index in [2.05, 4.69) is 67.6 Å². The molecule has 0 amide bonds. The normalized spacial score (nSPS) is 14.1. The molecule has 1 saturated heterocycles. The van der Waals surface area contributed by atoms with Gasteiger partial charge in [0.05, 0.1) is 29.3 Å². The van der Waals surface area contributed by atoms with Crippen molar-refractivity contribution in [2.75, 3.05) is 36.0 Å². The predicted molar refractivity (Wildman–Crippen MR) is 133 cm³/mol. The van der Waals surface area contributed by atoms with Gasteiger partial charge in [0, 0.05) is 69.4 Å². The van der Waals surface area contributed by atoms with Crippen LogP contribution in [0.3, 0.4) is 0 Å². The molecule has 1 fully saturated rings. The van der Waals surface area contributed by atoms with Gasteiger partial charge >= 0.3 is 0 Å². The second-order valence-corrected chi connectivity index (χ2v) is 8.66. The molecule has 0 unspecified atom stereocenters. The van der Waals surface area contributed by atoms with Crippen LogP contribution in [0.4, 0.5) is 11.6 Å². The largest absolute Gasteiger partial charge is 0.365 e. The lowest BCUT2D eigenvalue weighted by Gasteiger charge is -2.35. The summed E-state index contributed by atoms with van der Waals surface area (Å²) in [7, 11) is 1.93. The number of aryl methyl sites for hydroxylation is 1. The molecule has 0 aliphatic carbocycles. The molecule has 1 aliphatic rings. The van der Waals surface area contributed by atoms with Gasteiger partial charge < -0.3 is 9.80 Å². The molecule has 0 bridgehead atoms. The minimum Gasteiger partial charge on any atom is -0.365 e. The summed E-state index contributed by atoms with van der Waals surface area (Å²) in [4.78, 5) is 14.1. The first-order valence-corrected chi connectivity index (χ1v) is 11.5. The number of nitrogens with zero attached hydrogens (tertiary/aromatic N) is 8. The van der Waals surface area contributed by atoms with E-state index in [1.165, 1.54) is 5.56 Å². The van der Waals surface area contributed by atoms with E-state index in [-0.39, 0.29) is 0 Å². The van der Waals surface area contributed by atoms with Gasteiger partial charge in [-0.1, -0.05) is 36.4 Å². The molecule has 0 saturated carbocycles. The lowest BCUT2D eigenvalue weighted by Crippen LogP contribution is -2.47. The molecular formula is C26H26N8. The van der Waals surface area contributed by atoms with E-state index in [1.54, 1.807) is 0 Å². The van der Waals surface area contributed by atoms with E-state index in [0.717, 1.165) is 66.6 Å². The lowest BCUT2D eigenvalue weighted by atomic mass is 10.1. The number of anilines is 2. The van der Waals surface area contributed by atoms with E-state index in [9.17, 15) is 0 Å². The zero-order valence-corrected chi connectivity index (χ0v) is 19.1. The second kappa shape index (κ2) is 8.62. The first kappa shape index (κ1) is 20.4. The van der Waals surface area contributed by atoms with Gasteiger partial charge in [-0.2, -0.15) is 10.2 Å². The highest BCUT2D eigenvalue weighted by atomic mass is 15.3. The van der Waals surface area contributed by atoms with Gasteiger partial charge in [-0.05, 0) is 17.7 Å². The summed E-state index contributed by atoms with van der Waals surface area (Å²) >= 11 is 0. The van der Waals surface area contributed by atoms with Gasteiger partial charge in [-0.3, -0.25) is 4.68 Å². The first-order valence-electron chi connectivity index (χ1n) is 11.5. The van der Waals surface area contributed by atoms with Crippen molar-refractivity contribution in [3.05, 3.63) is 90.8 Å². The van der Waals surface area contributed by atoms with Gasteiger partial charge in [0.2, 0.25) is 5.95 Å². The summed E-state index contributed by atoms with van der Waals surface area (Å²) in [6.45, 7) is 3.55. The van der Waals surface area contributed by atoms with Crippen LogP contribution < -0.4 is 9.80 Å². The Labute approximate surface area is 198 Å². The maximum absolute atomic E-state index is 4.84. The number of piperazine rings is 1. The monoisotopic (exact) mass is 450 g/mol. The smallest absolute Gasteiger partial charge is 0.225 e. The second-order valence-electron chi connectivity index (χ2n) is 8.66. The third-order valence-corrected chi connectivity index (χ3v) is 6.37. The SMILES string of the molecule is Cn1cc(-c2ccc3c(N4CCN(c5nccc(Cc6ccccc6)n5)CC4)cnn3c2)cn1. The summed E-state index contributed by atoms with van der Waals surface area (Å²) in [6, 6.07) is 16.7. The highest BCUT2D eigenvalue weighted by Gasteiger charge is 2.22. The molecule has 8 nitrogen and oxygen atoms in total. The highest BCUT2D eigenvalue weighted by molar-refractivity contribution is 5.75. The fourth-order valence-electron chi connectivity index (χ4n) is 4.54. The van der Waals surface area contributed by atoms with E-state index in [4.69, 9.17) is 4.98 Å². The van der Waals surface area contributed by atoms with Crippen LogP contribution in [0.5, 0.6) is 0 Å². The van der Waals surface area contributed by atoms with Crippen LogP contribution >= 0.6 is 0 Å². The molecule has 6 rings (SSSR count). The van der Waals surface area contributed by atoms with E-state index in [0.29, 0.717) is 0 Å². The number of hydrogen-bond donors (Lipinski definition) is 0. The third kappa shape index (κ3) is 3.98. The van der Waals surface area contributed by atoms with Crippen LogP contribution in [0.15, 0.2) is 79.5 Å². The average molecular weight is 451 g/mol. The molecule has 170 valence electrons. The topological polar surface area (TPSA) is 67.4 Å². The molecular weight excluding hydrogens is 424 g/mol. The highest BCUT2D eigenvalue weighted by Crippen LogP contribution is 2.27. The van der Waals surface area contributed by atoms with Crippen molar-refractivity contribution in [3.63, 3.8) is 0 Å². The van der Waals surface area contributed by atoms with Gasteiger partial charge in [-0.25, -0.2) is 14.5 Å².